The molecule has 3 rings (SSSR count). The molecule has 0 aromatic carbocycles. The lowest BCUT2D eigenvalue weighted by Gasteiger charge is -2.28. The van der Waals surface area contributed by atoms with Crippen LogP contribution in [0.15, 0.2) is 0 Å². The molecule has 2 fully saturated rings. The number of nitrogens with one attached hydrogen (secondary N) is 1. The summed E-state index contributed by atoms with van der Waals surface area (Å²) >= 11 is 0. The molecule has 1 saturated heterocycles. The Kier molecular flexibility index (Phi) is 4.27. The smallest absolute Gasteiger partial charge is 0.263 e. The van der Waals surface area contributed by atoms with Gasteiger partial charge in [-0.05, 0) is 18.3 Å². The number of hydrogen-bond acceptors (Lipinski definition) is 4. The van der Waals surface area contributed by atoms with E-state index in [1.54, 1.807) is 18.4 Å². The van der Waals surface area contributed by atoms with Crippen molar-refractivity contribution in [1.82, 2.24) is 23.8 Å². The van der Waals surface area contributed by atoms with Crippen molar-refractivity contribution in [1.29, 1.82) is 0 Å². The number of nitrogens with zero attached hydrogens (tertiary/aromatic N) is 4. The highest BCUT2D eigenvalue weighted by Crippen LogP contribution is 2.53. The van der Waals surface area contributed by atoms with Crippen molar-refractivity contribution in [2.75, 3.05) is 27.2 Å². The van der Waals surface area contributed by atoms with E-state index in [0.717, 1.165) is 37.3 Å². The van der Waals surface area contributed by atoms with Crippen LogP contribution in [0.1, 0.15) is 63.0 Å². The summed E-state index contributed by atoms with van der Waals surface area (Å²) in [6, 6.07) is 0. The van der Waals surface area contributed by atoms with Crippen LogP contribution in [0.3, 0.4) is 0 Å². The molecule has 23 heavy (non-hydrogen) atoms. The zero-order chi connectivity index (χ0) is 16.8. The van der Waals surface area contributed by atoms with Gasteiger partial charge in [-0.15, -0.1) is 0 Å². The minimum atomic E-state index is -3.39. The Balaban J connectivity index is 1.94. The molecule has 1 spiro atoms. The van der Waals surface area contributed by atoms with E-state index in [0.29, 0.717) is 13.1 Å². The van der Waals surface area contributed by atoms with Crippen LogP contribution in [0.25, 0.3) is 0 Å². The number of aromatic nitrogens is 3. The zero-order valence-corrected chi connectivity index (χ0v) is 15.2. The third-order valence-electron chi connectivity index (χ3n) is 5.37. The second kappa shape index (κ2) is 5.82. The van der Waals surface area contributed by atoms with E-state index < -0.39 is 10.2 Å². The Labute approximate surface area is 138 Å². The zero-order valence-electron chi connectivity index (χ0n) is 14.4. The van der Waals surface area contributed by atoms with Gasteiger partial charge in [0, 0.05) is 39.0 Å². The summed E-state index contributed by atoms with van der Waals surface area (Å²) < 4.78 is 28.1. The van der Waals surface area contributed by atoms with Crippen molar-refractivity contribution in [2.45, 2.75) is 51.4 Å². The van der Waals surface area contributed by atoms with Crippen LogP contribution in [-0.2, 0) is 10.2 Å². The predicted molar refractivity (Wildman–Crippen MR) is 88.3 cm³/mol. The first-order valence-corrected chi connectivity index (χ1v) is 9.76. The molecule has 8 heteroatoms. The molecule has 0 radical (unpaired) electrons. The summed E-state index contributed by atoms with van der Waals surface area (Å²) in [5.74, 6) is 2.04. The minimum Gasteiger partial charge on any atom is -0.263 e. The van der Waals surface area contributed by atoms with Crippen LogP contribution in [0.4, 0.5) is 0 Å². The van der Waals surface area contributed by atoms with E-state index in [-0.39, 0.29) is 17.3 Å². The van der Waals surface area contributed by atoms with Gasteiger partial charge in [0.1, 0.15) is 5.82 Å². The van der Waals surface area contributed by atoms with Crippen LogP contribution < -0.4 is 0 Å². The summed E-state index contributed by atoms with van der Waals surface area (Å²) in [6.45, 7) is 5.22. The van der Waals surface area contributed by atoms with Gasteiger partial charge in [0.2, 0.25) is 0 Å². The van der Waals surface area contributed by atoms with Gasteiger partial charge < -0.3 is 0 Å². The molecular formula is C15H27N5O2S. The van der Waals surface area contributed by atoms with Crippen molar-refractivity contribution in [2.24, 2.45) is 5.41 Å². The highest BCUT2D eigenvalue weighted by molar-refractivity contribution is 7.86. The second-order valence-electron chi connectivity index (χ2n) is 7.44. The van der Waals surface area contributed by atoms with Crippen LogP contribution in [0, 0.1) is 5.41 Å². The van der Waals surface area contributed by atoms with E-state index in [9.17, 15) is 8.42 Å². The predicted octanol–water partition coefficient (Wildman–Crippen LogP) is 1.69. The van der Waals surface area contributed by atoms with E-state index in [1.165, 1.54) is 4.31 Å². The molecule has 130 valence electrons. The topological polar surface area (TPSA) is 82.2 Å². The Morgan fingerprint density at radius 3 is 2.48 bits per heavy atom. The fourth-order valence-electron chi connectivity index (χ4n) is 3.99. The van der Waals surface area contributed by atoms with Gasteiger partial charge in [-0.25, -0.2) is 4.98 Å². The third kappa shape index (κ3) is 2.81. The number of rotatable bonds is 4. The molecule has 7 nitrogen and oxygen atoms in total. The minimum absolute atomic E-state index is 0.0108. The van der Waals surface area contributed by atoms with Crippen LogP contribution >= 0.6 is 0 Å². The summed E-state index contributed by atoms with van der Waals surface area (Å²) in [6.07, 6.45) is 4.46. The lowest BCUT2D eigenvalue weighted by molar-refractivity contribution is 0.275. The molecule has 1 aromatic rings. The normalized spacial score (nSPS) is 25.2. The third-order valence-corrected chi connectivity index (χ3v) is 7.22. The summed E-state index contributed by atoms with van der Waals surface area (Å²) in [5, 5.41) is 7.41. The molecule has 1 aliphatic carbocycles. The van der Waals surface area contributed by atoms with Crippen molar-refractivity contribution in [3.63, 3.8) is 0 Å². The molecule has 0 bridgehead atoms. The van der Waals surface area contributed by atoms with Crippen molar-refractivity contribution >= 4 is 10.2 Å². The number of H-pyrrole nitrogens is 1. The summed E-state index contributed by atoms with van der Waals surface area (Å²) in [7, 11) is -0.201. The largest absolute Gasteiger partial charge is 0.281 e. The van der Waals surface area contributed by atoms with Gasteiger partial charge >= 0.3 is 0 Å². The standard InChI is InChI=1S/C15H27N5O2S/c1-11(2)13-16-14(18-17-13)12-9-20(23(21,22)19(3)4)10-15(12)7-5-6-8-15/h11-12H,5-10H2,1-4H3,(H,16,17,18). The van der Waals surface area contributed by atoms with E-state index in [2.05, 4.69) is 29.0 Å². The maximum absolute atomic E-state index is 12.6. The molecule has 1 aromatic heterocycles. The molecule has 2 heterocycles. The Hall–Kier alpha value is -0.990. The van der Waals surface area contributed by atoms with E-state index in [1.807, 2.05) is 0 Å². The SMILES string of the molecule is CC(C)c1n[nH]c(C2CN(S(=O)(=O)N(C)C)CC23CCCC3)n1. The Morgan fingerprint density at radius 1 is 1.30 bits per heavy atom. The van der Waals surface area contributed by atoms with E-state index in [4.69, 9.17) is 0 Å². The first-order valence-electron chi connectivity index (χ1n) is 8.36. The lowest BCUT2D eigenvalue weighted by atomic mass is 9.76. The van der Waals surface area contributed by atoms with Crippen LogP contribution in [0.2, 0.25) is 0 Å². The maximum atomic E-state index is 12.6. The Bertz CT molecular complexity index is 661. The first-order chi connectivity index (χ1) is 10.8. The van der Waals surface area contributed by atoms with Crippen molar-refractivity contribution < 1.29 is 8.42 Å². The van der Waals surface area contributed by atoms with Gasteiger partial charge in [0.15, 0.2) is 5.82 Å². The number of aromatic amines is 1. The van der Waals surface area contributed by atoms with E-state index >= 15 is 0 Å². The number of hydrogen-bond donors (Lipinski definition) is 1. The molecule has 1 aliphatic heterocycles. The van der Waals surface area contributed by atoms with Gasteiger partial charge in [-0.3, -0.25) is 5.10 Å². The van der Waals surface area contributed by atoms with Gasteiger partial charge in [-0.2, -0.15) is 22.1 Å². The highest BCUT2D eigenvalue weighted by Gasteiger charge is 2.53. The van der Waals surface area contributed by atoms with Gasteiger partial charge in [0.05, 0.1) is 0 Å². The highest BCUT2D eigenvalue weighted by atomic mass is 32.2. The fourth-order valence-corrected chi connectivity index (χ4v) is 5.21. The Morgan fingerprint density at radius 2 is 1.96 bits per heavy atom. The molecular weight excluding hydrogens is 314 g/mol. The van der Waals surface area contributed by atoms with Crippen molar-refractivity contribution in [3.05, 3.63) is 11.6 Å². The van der Waals surface area contributed by atoms with Crippen molar-refractivity contribution in [3.8, 4) is 0 Å². The second-order valence-corrected chi connectivity index (χ2v) is 9.58. The molecule has 1 unspecified atom stereocenters. The summed E-state index contributed by atoms with van der Waals surface area (Å²) in [5.41, 5.74) is 0.0108. The van der Waals surface area contributed by atoms with Crippen LogP contribution in [0.5, 0.6) is 0 Å². The average molecular weight is 341 g/mol. The van der Waals surface area contributed by atoms with Gasteiger partial charge in [-0.1, -0.05) is 26.7 Å². The molecule has 1 saturated carbocycles. The molecule has 2 aliphatic rings. The molecule has 1 atom stereocenters. The summed E-state index contributed by atoms with van der Waals surface area (Å²) in [4.78, 5) is 4.67. The quantitative estimate of drug-likeness (QED) is 0.903. The maximum Gasteiger partial charge on any atom is 0.281 e. The van der Waals surface area contributed by atoms with Gasteiger partial charge in [0.25, 0.3) is 10.2 Å². The first kappa shape index (κ1) is 16.9. The monoisotopic (exact) mass is 341 g/mol. The van der Waals surface area contributed by atoms with Crippen LogP contribution in [-0.4, -0.2) is 59.4 Å². The molecule has 1 N–H and O–H groups in total. The molecule has 0 amide bonds. The lowest BCUT2D eigenvalue weighted by Crippen LogP contribution is -2.39. The fraction of sp³-hybridized carbons (Fsp3) is 0.867. The average Bonchev–Trinajstić information content (AvgIpc) is 3.19.